The number of rotatable bonds is 10. The zero-order valence-corrected chi connectivity index (χ0v) is 18.6. The van der Waals surface area contributed by atoms with Crippen molar-refractivity contribution < 1.29 is 24.2 Å². The lowest BCUT2D eigenvalue weighted by Gasteiger charge is -2.17. The summed E-state index contributed by atoms with van der Waals surface area (Å²) in [6, 6.07) is 8.88. The molecule has 34 heavy (non-hydrogen) atoms. The van der Waals surface area contributed by atoms with Crippen molar-refractivity contribution in [3.8, 4) is 11.6 Å². The van der Waals surface area contributed by atoms with Crippen LogP contribution in [0.5, 0.6) is 11.6 Å². The number of anilines is 1. The number of aliphatic hydroxyl groups is 1. The molecular formula is C23H26N6O5. The number of fused-ring (bicyclic) bond motifs is 1. The van der Waals surface area contributed by atoms with E-state index in [4.69, 9.17) is 14.6 Å². The Kier molecular flexibility index (Phi) is 6.26. The number of nitrogens with one attached hydrogen (secondary N) is 1. The normalized spacial score (nSPS) is 17.9. The molecule has 2 N–H and O–H groups in total. The van der Waals surface area contributed by atoms with Gasteiger partial charge in [0.25, 0.3) is 5.91 Å². The van der Waals surface area contributed by atoms with Crippen molar-refractivity contribution in [1.29, 1.82) is 0 Å². The average molecular weight is 466 g/mol. The first-order valence-electron chi connectivity index (χ1n) is 11.4. The van der Waals surface area contributed by atoms with Crippen molar-refractivity contribution >= 4 is 28.5 Å². The molecule has 1 unspecified atom stereocenters. The standard InChI is InChI=1S/C23H26N6O5/c30-10-8-24-21(31)13-29-26-18-5-3-16(11-19(18)27-29)28-9-7-20(23(28)32)34-17-4-6-22(25-12-17)33-14-15-1-2-15/h3-6,11-12,15,20,30H,1-2,7-10,13-14H2,(H,24,31). The molecule has 11 heteroatoms. The minimum absolute atomic E-state index is 0.0545. The van der Waals surface area contributed by atoms with E-state index in [2.05, 4.69) is 20.5 Å². The summed E-state index contributed by atoms with van der Waals surface area (Å²) < 4.78 is 11.5. The zero-order chi connectivity index (χ0) is 23.5. The predicted molar refractivity (Wildman–Crippen MR) is 121 cm³/mol. The fourth-order valence-corrected chi connectivity index (χ4v) is 3.76. The molecule has 1 saturated heterocycles. The van der Waals surface area contributed by atoms with E-state index in [1.54, 1.807) is 41.4 Å². The highest BCUT2D eigenvalue weighted by molar-refractivity contribution is 6.00. The fourth-order valence-electron chi connectivity index (χ4n) is 3.76. The Hall–Kier alpha value is -3.73. The number of benzene rings is 1. The van der Waals surface area contributed by atoms with E-state index in [-0.39, 0.29) is 31.5 Å². The van der Waals surface area contributed by atoms with Gasteiger partial charge in [0.05, 0.1) is 19.4 Å². The van der Waals surface area contributed by atoms with Crippen LogP contribution in [0.25, 0.3) is 11.0 Å². The second kappa shape index (κ2) is 9.64. The van der Waals surface area contributed by atoms with Crippen molar-refractivity contribution in [3.05, 3.63) is 36.5 Å². The minimum atomic E-state index is -0.596. The van der Waals surface area contributed by atoms with Gasteiger partial charge in [-0.3, -0.25) is 9.59 Å². The fraction of sp³-hybridized carbons (Fsp3) is 0.435. The summed E-state index contributed by atoms with van der Waals surface area (Å²) in [6.07, 6.45) is 3.97. The molecule has 1 aromatic carbocycles. The lowest BCUT2D eigenvalue weighted by molar-refractivity contribution is -0.123. The monoisotopic (exact) mass is 466 g/mol. The number of aliphatic hydroxyl groups excluding tert-OH is 1. The summed E-state index contributed by atoms with van der Waals surface area (Å²) in [4.78, 5) is 32.0. The summed E-state index contributed by atoms with van der Waals surface area (Å²) in [5.41, 5.74) is 1.89. The maximum Gasteiger partial charge on any atom is 0.268 e. The number of ether oxygens (including phenoxy) is 2. The number of hydrogen-bond acceptors (Lipinski definition) is 8. The van der Waals surface area contributed by atoms with Gasteiger partial charge in [-0.2, -0.15) is 15.0 Å². The Labute approximate surface area is 195 Å². The van der Waals surface area contributed by atoms with Crippen LogP contribution in [-0.2, 0) is 16.1 Å². The smallest absolute Gasteiger partial charge is 0.268 e. The van der Waals surface area contributed by atoms with Gasteiger partial charge in [-0.1, -0.05) is 0 Å². The maximum atomic E-state index is 13.0. The molecule has 0 spiro atoms. The number of nitrogens with zero attached hydrogens (tertiary/aromatic N) is 5. The molecule has 1 aliphatic carbocycles. The van der Waals surface area contributed by atoms with E-state index in [1.165, 1.54) is 17.6 Å². The van der Waals surface area contributed by atoms with Gasteiger partial charge < -0.3 is 24.8 Å². The lowest BCUT2D eigenvalue weighted by Crippen LogP contribution is -2.32. The first-order valence-corrected chi connectivity index (χ1v) is 11.4. The molecule has 0 radical (unpaired) electrons. The lowest BCUT2D eigenvalue weighted by atomic mass is 10.2. The van der Waals surface area contributed by atoms with Crippen LogP contribution in [0.2, 0.25) is 0 Å². The molecule has 2 amide bonds. The largest absolute Gasteiger partial charge is 0.479 e. The molecule has 1 atom stereocenters. The molecule has 2 fully saturated rings. The second-order valence-corrected chi connectivity index (χ2v) is 8.45. The minimum Gasteiger partial charge on any atom is -0.479 e. The number of carbonyl (C=O) groups is 2. The van der Waals surface area contributed by atoms with Gasteiger partial charge >= 0.3 is 0 Å². The van der Waals surface area contributed by atoms with Gasteiger partial charge in [-0.25, -0.2) is 4.98 Å². The van der Waals surface area contributed by atoms with E-state index in [0.29, 0.717) is 53.8 Å². The van der Waals surface area contributed by atoms with Crippen molar-refractivity contribution in [1.82, 2.24) is 25.3 Å². The van der Waals surface area contributed by atoms with E-state index in [9.17, 15) is 9.59 Å². The first kappa shape index (κ1) is 22.1. The highest BCUT2D eigenvalue weighted by Gasteiger charge is 2.34. The maximum absolute atomic E-state index is 13.0. The second-order valence-electron chi connectivity index (χ2n) is 8.45. The summed E-state index contributed by atoms with van der Waals surface area (Å²) in [6.45, 7) is 1.20. The number of amides is 2. The molecule has 0 bridgehead atoms. The van der Waals surface area contributed by atoms with Gasteiger partial charge in [0.2, 0.25) is 11.8 Å². The van der Waals surface area contributed by atoms with Crippen molar-refractivity contribution in [2.45, 2.75) is 31.9 Å². The quantitative estimate of drug-likeness (QED) is 0.451. The molecule has 1 saturated carbocycles. The van der Waals surface area contributed by atoms with Crippen LogP contribution in [0, 0.1) is 5.92 Å². The molecule has 11 nitrogen and oxygen atoms in total. The third-order valence-electron chi connectivity index (χ3n) is 5.74. The number of carbonyl (C=O) groups excluding carboxylic acids is 2. The molecule has 5 rings (SSSR count). The Morgan fingerprint density at radius 2 is 2.00 bits per heavy atom. The van der Waals surface area contributed by atoms with E-state index < -0.39 is 6.10 Å². The Morgan fingerprint density at radius 1 is 1.15 bits per heavy atom. The van der Waals surface area contributed by atoms with Crippen LogP contribution in [0.15, 0.2) is 36.5 Å². The average Bonchev–Trinajstić information content (AvgIpc) is 3.49. The molecular weight excluding hydrogens is 440 g/mol. The molecule has 3 aromatic rings. The first-order chi connectivity index (χ1) is 16.6. The third-order valence-corrected chi connectivity index (χ3v) is 5.74. The van der Waals surface area contributed by atoms with E-state index in [1.807, 2.05) is 0 Å². The van der Waals surface area contributed by atoms with E-state index >= 15 is 0 Å². The highest BCUT2D eigenvalue weighted by atomic mass is 16.5. The van der Waals surface area contributed by atoms with Crippen LogP contribution in [-0.4, -0.2) is 69.3 Å². The number of hydrogen-bond donors (Lipinski definition) is 2. The summed E-state index contributed by atoms with van der Waals surface area (Å²) >= 11 is 0. The third kappa shape index (κ3) is 5.09. The molecule has 2 aliphatic rings. The predicted octanol–water partition coefficient (Wildman–Crippen LogP) is 0.908. The van der Waals surface area contributed by atoms with Gasteiger partial charge in [-0.05, 0) is 43.0 Å². The molecule has 178 valence electrons. The Morgan fingerprint density at radius 3 is 2.76 bits per heavy atom. The Balaban J connectivity index is 1.20. The van der Waals surface area contributed by atoms with Crippen LogP contribution < -0.4 is 19.7 Å². The molecule has 1 aliphatic heterocycles. The van der Waals surface area contributed by atoms with Gasteiger partial charge in [0, 0.05) is 31.3 Å². The van der Waals surface area contributed by atoms with Crippen LogP contribution in [0.4, 0.5) is 5.69 Å². The van der Waals surface area contributed by atoms with Gasteiger partial charge in [0.15, 0.2) is 6.10 Å². The van der Waals surface area contributed by atoms with Gasteiger partial charge in [-0.15, -0.1) is 0 Å². The summed E-state index contributed by atoms with van der Waals surface area (Å²) in [5, 5.41) is 20.0. The summed E-state index contributed by atoms with van der Waals surface area (Å²) in [5.74, 6) is 1.31. The van der Waals surface area contributed by atoms with Crippen molar-refractivity contribution in [3.63, 3.8) is 0 Å². The van der Waals surface area contributed by atoms with Gasteiger partial charge in [0.1, 0.15) is 23.3 Å². The number of aromatic nitrogens is 4. The van der Waals surface area contributed by atoms with Crippen LogP contribution >= 0.6 is 0 Å². The SMILES string of the molecule is O=C(Cn1nc2ccc(N3CCC(Oc4ccc(OCC5CC5)nc4)C3=O)cc2n1)NCCO. The topological polar surface area (TPSA) is 132 Å². The van der Waals surface area contributed by atoms with Crippen molar-refractivity contribution in [2.75, 3.05) is 31.2 Å². The number of pyridine rings is 1. The van der Waals surface area contributed by atoms with Crippen LogP contribution in [0.1, 0.15) is 19.3 Å². The highest BCUT2D eigenvalue weighted by Crippen LogP contribution is 2.30. The van der Waals surface area contributed by atoms with Crippen LogP contribution in [0.3, 0.4) is 0 Å². The summed E-state index contributed by atoms with van der Waals surface area (Å²) in [7, 11) is 0. The molecule has 3 heterocycles. The molecule has 2 aromatic heterocycles. The van der Waals surface area contributed by atoms with E-state index in [0.717, 1.165) is 0 Å². The Bertz CT molecular complexity index is 1180. The zero-order valence-electron chi connectivity index (χ0n) is 18.6. The van der Waals surface area contributed by atoms with Crippen molar-refractivity contribution in [2.24, 2.45) is 5.92 Å².